The molecule has 1 atom stereocenters. The summed E-state index contributed by atoms with van der Waals surface area (Å²) in [5.41, 5.74) is 5.64. The molecule has 0 radical (unpaired) electrons. The molecule has 66 valence electrons. The van der Waals surface area contributed by atoms with Gasteiger partial charge < -0.3 is 26.8 Å². The van der Waals surface area contributed by atoms with Crippen LogP contribution in [0.2, 0.25) is 0 Å². The van der Waals surface area contributed by atoms with Crippen molar-refractivity contribution in [3.8, 4) is 0 Å². The maximum atomic E-state index is 9.30. The van der Waals surface area contributed by atoms with E-state index in [1.54, 1.807) is 0 Å². The average Bonchev–Trinajstić information content (AvgIpc) is 1.94. The van der Waals surface area contributed by atoms with Gasteiger partial charge >= 0.3 is 0 Å². The van der Waals surface area contributed by atoms with Crippen molar-refractivity contribution in [2.75, 3.05) is 0 Å². The van der Waals surface area contributed by atoms with Gasteiger partial charge in [0.05, 0.1) is 5.70 Å². The van der Waals surface area contributed by atoms with E-state index in [2.05, 4.69) is 28.2 Å². The summed E-state index contributed by atoms with van der Waals surface area (Å²) in [5.74, 6) is 0. The van der Waals surface area contributed by atoms with Gasteiger partial charge in [-0.3, -0.25) is 0 Å². The summed E-state index contributed by atoms with van der Waals surface area (Å²) in [6.45, 7) is 0. The van der Waals surface area contributed by atoms with Crippen molar-refractivity contribution >= 4 is 34.7 Å². The number of rotatable bonds is 1. The zero-order chi connectivity index (χ0) is 9.14. The van der Waals surface area contributed by atoms with Gasteiger partial charge in [-0.25, -0.2) is 0 Å². The maximum absolute atomic E-state index is 9.30. The van der Waals surface area contributed by atoms with Crippen LogP contribution in [0.25, 0.3) is 0 Å². The fourth-order valence-corrected chi connectivity index (χ4v) is 1.00. The van der Waals surface area contributed by atoms with E-state index in [1.165, 1.54) is 6.20 Å². The molecule has 0 spiro atoms. The Morgan fingerprint density at radius 1 is 1.75 bits per heavy atom. The lowest BCUT2D eigenvalue weighted by Crippen LogP contribution is -2.50. The second-order valence-corrected chi connectivity index (χ2v) is 2.96. The average molecular weight is 204 g/mol. The third kappa shape index (κ3) is 2.29. The molecular weight excluding hydrogens is 196 g/mol. The smallest absolute Gasteiger partial charge is 0.172 e. The zero-order valence-corrected chi connectivity index (χ0v) is 7.63. The molecule has 0 fully saturated rings. The molecule has 1 unspecified atom stereocenters. The molecular formula is C5H8N4OS2. The lowest BCUT2D eigenvalue weighted by Gasteiger charge is -2.23. The van der Waals surface area contributed by atoms with Gasteiger partial charge in [0, 0.05) is 6.20 Å². The van der Waals surface area contributed by atoms with Gasteiger partial charge in [-0.05, 0) is 24.4 Å². The van der Waals surface area contributed by atoms with Crippen LogP contribution in [0.5, 0.6) is 0 Å². The zero-order valence-electron chi connectivity index (χ0n) is 6.00. The molecule has 0 aliphatic carbocycles. The number of thiocarbonyl (C=S) groups is 2. The topological polar surface area (TPSA) is 82.3 Å². The molecule has 0 aromatic rings. The van der Waals surface area contributed by atoms with Gasteiger partial charge in [-0.1, -0.05) is 0 Å². The molecule has 0 saturated carbocycles. The van der Waals surface area contributed by atoms with Crippen molar-refractivity contribution in [2.24, 2.45) is 5.73 Å². The van der Waals surface area contributed by atoms with E-state index in [4.69, 9.17) is 18.0 Å². The largest absolute Gasteiger partial charge is 0.376 e. The molecule has 0 aromatic heterocycles. The first kappa shape index (κ1) is 9.17. The highest BCUT2D eigenvalue weighted by atomic mass is 32.1. The van der Waals surface area contributed by atoms with Crippen LogP contribution in [0.15, 0.2) is 11.9 Å². The lowest BCUT2D eigenvalue weighted by atomic mass is 10.3. The molecule has 6 N–H and O–H groups in total. The van der Waals surface area contributed by atoms with Crippen molar-refractivity contribution in [2.45, 2.75) is 6.23 Å². The van der Waals surface area contributed by atoms with Gasteiger partial charge in [0.2, 0.25) is 0 Å². The molecule has 0 bridgehead atoms. The Bertz CT molecular complexity index is 252. The number of aliphatic hydroxyl groups is 1. The van der Waals surface area contributed by atoms with Gasteiger partial charge in [-0.15, -0.1) is 0 Å². The summed E-state index contributed by atoms with van der Waals surface area (Å²) >= 11 is 9.32. The Kier molecular flexibility index (Phi) is 2.79. The number of nitrogens with one attached hydrogen (secondary N) is 3. The predicted molar refractivity (Wildman–Crippen MR) is 52.9 cm³/mol. The van der Waals surface area contributed by atoms with Gasteiger partial charge in [-0.2, -0.15) is 0 Å². The fourth-order valence-electron chi connectivity index (χ4n) is 0.713. The van der Waals surface area contributed by atoms with E-state index in [0.29, 0.717) is 10.8 Å². The van der Waals surface area contributed by atoms with Crippen molar-refractivity contribution in [1.82, 2.24) is 16.0 Å². The Labute approximate surface area is 80.0 Å². The first-order valence-electron chi connectivity index (χ1n) is 3.11. The van der Waals surface area contributed by atoms with Crippen LogP contribution < -0.4 is 21.7 Å². The van der Waals surface area contributed by atoms with Crippen LogP contribution >= 0.6 is 24.4 Å². The minimum absolute atomic E-state index is 0.0942. The summed E-state index contributed by atoms with van der Waals surface area (Å²) in [6.07, 6.45) is 0.614. The molecule has 5 nitrogen and oxygen atoms in total. The second kappa shape index (κ2) is 3.65. The Morgan fingerprint density at radius 3 is 2.92 bits per heavy atom. The Hall–Kier alpha value is -0.920. The standard InChI is InChI=1S/C5H8N4OS2/c6-4(11)8-2-1-7-5(12)9-3(2)10/h1,3,10H,(H3,6,8,11)(H2,7,9,12). The number of nitrogens with two attached hydrogens (primary N) is 1. The molecule has 7 heteroatoms. The molecule has 1 heterocycles. The number of hydrogen-bond acceptors (Lipinski definition) is 3. The number of aliphatic hydroxyl groups excluding tert-OH is 1. The molecule has 0 amide bonds. The van der Waals surface area contributed by atoms with Crippen LogP contribution in [0.4, 0.5) is 0 Å². The summed E-state index contributed by atoms with van der Waals surface area (Å²) in [4.78, 5) is 0. The fraction of sp³-hybridized carbons (Fsp3) is 0.200. The van der Waals surface area contributed by atoms with E-state index >= 15 is 0 Å². The lowest BCUT2D eigenvalue weighted by molar-refractivity contribution is 0.187. The molecule has 12 heavy (non-hydrogen) atoms. The first-order chi connectivity index (χ1) is 5.59. The highest BCUT2D eigenvalue weighted by Crippen LogP contribution is 1.97. The van der Waals surface area contributed by atoms with Crippen molar-refractivity contribution in [1.29, 1.82) is 0 Å². The summed E-state index contributed by atoms with van der Waals surface area (Å²) in [5, 5.41) is 17.6. The minimum atomic E-state index is -0.889. The highest BCUT2D eigenvalue weighted by Gasteiger charge is 2.16. The number of hydrogen-bond donors (Lipinski definition) is 5. The van der Waals surface area contributed by atoms with Crippen LogP contribution in [-0.4, -0.2) is 21.6 Å². The van der Waals surface area contributed by atoms with Crippen molar-refractivity contribution in [3.05, 3.63) is 11.9 Å². The maximum Gasteiger partial charge on any atom is 0.172 e. The third-order valence-corrected chi connectivity index (χ3v) is 1.53. The first-order valence-corrected chi connectivity index (χ1v) is 3.93. The summed E-state index contributed by atoms with van der Waals surface area (Å²) in [7, 11) is 0. The van der Waals surface area contributed by atoms with E-state index in [9.17, 15) is 5.11 Å². The van der Waals surface area contributed by atoms with E-state index < -0.39 is 6.23 Å². The van der Waals surface area contributed by atoms with Crippen LogP contribution in [-0.2, 0) is 0 Å². The van der Waals surface area contributed by atoms with Crippen molar-refractivity contribution < 1.29 is 5.11 Å². The van der Waals surface area contributed by atoms with Crippen LogP contribution in [0.3, 0.4) is 0 Å². The van der Waals surface area contributed by atoms with Gasteiger partial charge in [0.1, 0.15) is 0 Å². The van der Waals surface area contributed by atoms with Gasteiger partial charge in [0.25, 0.3) is 0 Å². The quantitative estimate of drug-likeness (QED) is 0.331. The van der Waals surface area contributed by atoms with E-state index in [-0.39, 0.29) is 5.11 Å². The second-order valence-electron chi connectivity index (χ2n) is 2.11. The van der Waals surface area contributed by atoms with E-state index in [0.717, 1.165) is 0 Å². The summed E-state index contributed by atoms with van der Waals surface area (Å²) in [6, 6.07) is 0. The predicted octanol–water partition coefficient (Wildman–Crippen LogP) is -1.54. The summed E-state index contributed by atoms with van der Waals surface area (Å²) < 4.78 is 0. The Morgan fingerprint density at radius 2 is 2.42 bits per heavy atom. The molecule has 0 saturated heterocycles. The molecule has 0 aromatic carbocycles. The molecule has 1 rings (SSSR count). The molecule has 1 aliphatic rings. The minimum Gasteiger partial charge on any atom is -0.376 e. The van der Waals surface area contributed by atoms with E-state index in [1.807, 2.05) is 0 Å². The SMILES string of the molecule is NC(=S)NC1=CNC(=S)NC1O. The highest BCUT2D eigenvalue weighted by molar-refractivity contribution is 7.80. The third-order valence-electron chi connectivity index (χ3n) is 1.19. The Balaban J connectivity index is 2.64. The van der Waals surface area contributed by atoms with Crippen molar-refractivity contribution in [3.63, 3.8) is 0 Å². The van der Waals surface area contributed by atoms with Gasteiger partial charge in [0.15, 0.2) is 16.5 Å². The molecule has 1 aliphatic heterocycles. The van der Waals surface area contributed by atoms with Crippen LogP contribution in [0.1, 0.15) is 0 Å². The normalized spacial score (nSPS) is 21.9. The van der Waals surface area contributed by atoms with Crippen LogP contribution in [0, 0.1) is 0 Å². The monoisotopic (exact) mass is 204 g/mol.